The maximum Gasteiger partial charge on any atom is 0.264 e. The molecule has 0 aliphatic rings. The third kappa shape index (κ3) is 5.11. The number of carbonyl (C=O) groups excluding carboxylic acids is 1. The highest BCUT2D eigenvalue weighted by Crippen LogP contribution is 2.23. The fourth-order valence-corrected chi connectivity index (χ4v) is 4.45. The Bertz CT molecular complexity index is 1180. The summed E-state index contributed by atoms with van der Waals surface area (Å²) in [5, 5.41) is 0. The lowest BCUT2D eigenvalue weighted by atomic mass is 10.1. The van der Waals surface area contributed by atoms with Crippen LogP contribution in [-0.4, -0.2) is 32.8 Å². The first-order valence-corrected chi connectivity index (χ1v) is 11.4. The zero-order chi connectivity index (χ0) is 22.6. The Morgan fingerprint density at radius 1 is 0.968 bits per heavy atom. The number of benzene rings is 3. The van der Waals surface area contributed by atoms with Crippen molar-refractivity contribution < 1.29 is 17.6 Å². The number of nitrogens with zero attached hydrogens (tertiary/aromatic N) is 2. The van der Waals surface area contributed by atoms with Crippen molar-refractivity contribution in [2.75, 3.05) is 17.9 Å². The predicted octanol–water partition coefficient (Wildman–Crippen LogP) is 4.62. The molecule has 0 aliphatic heterocycles. The van der Waals surface area contributed by atoms with E-state index >= 15 is 0 Å². The molecule has 7 heteroatoms. The van der Waals surface area contributed by atoms with Crippen LogP contribution in [0.5, 0.6) is 0 Å². The molecule has 0 bridgehead atoms. The van der Waals surface area contributed by atoms with Crippen LogP contribution in [0.25, 0.3) is 0 Å². The molecule has 0 fully saturated rings. The fourth-order valence-electron chi connectivity index (χ4n) is 3.21. The monoisotopic (exact) mass is 440 g/mol. The number of amides is 1. The second-order valence-corrected chi connectivity index (χ2v) is 9.25. The SMILES string of the molecule is CCN(Cc1cccc(F)c1)C(=O)c1cccc(S(=O)(=O)N(C)c2ccc(C)cc2)c1. The van der Waals surface area contributed by atoms with Gasteiger partial charge in [0, 0.05) is 25.7 Å². The minimum absolute atomic E-state index is 0.0308. The number of carbonyl (C=O) groups is 1. The summed E-state index contributed by atoms with van der Waals surface area (Å²) in [4.78, 5) is 14.6. The van der Waals surface area contributed by atoms with Crippen LogP contribution < -0.4 is 4.31 Å². The molecule has 0 radical (unpaired) electrons. The number of rotatable bonds is 7. The van der Waals surface area contributed by atoms with Gasteiger partial charge in [-0.3, -0.25) is 9.10 Å². The summed E-state index contributed by atoms with van der Waals surface area (Å²) in [6.45, 7) is 4.38. The Balaban J connectivity index is 1.87. The molecular formula is C24H25FN2O3S. The molecule has 0 aliphatic carbocycles. The van der Waals surface area contributed by atoms with E-state index < -0.39 is 10.0 Å². The highest BCUT2D eigenvalue weighted by molar-refractivity contribution is 7.92. The molecule has 1 amide bonds. The Kier molecular flexibility index (Phi) is 6.75. The van der Waals surface area contributed by atoms with Gasteiger partial charge in [0.15, 0.2) is 0 Å². The van der Waals surface area contributed by atoms with Gasteiger partial charge in [-0.15, -0.1) is 0 Å². The van der Waals surface area contributed by atoms with Crippen molar-refractivity contribution in [2.24, 2.45) is 0 Å². The number of hydrogen-bond acceptors (Lipinski definition) is 3. The normalized spacial score (nSPS) is 11.2. The molecule has 3 aromatic rings. The summed E-state index contributed by atoms with van der Waals surface area (Å²) in [5.41, 5.74) is 2.48. The number of aryl methyl sites for hydroxylation is 1. The average Bonchev–Trinajstić information content (AvgIpc) is 2.77. The summed E-state index contributed by atoms with van der Waals surface area (Å²) in [5.74, 6) is -0.685. The van der Waals surface area contributed by atoms with E-state index in [1.807, 2.05) is 26.0 Å². The van der Waals surface area contributed by atoms with E-state index in [1.165, 1.54) is 35.6 Å². The first-order chi connectivity index (χ1) is 14.7. The molecule has 0 heterocycles. The van der Waals surface area contributed by atoms with Crippen molar-refractivity contribution in [2.45, 2.75) is 25.3 Å². The van der Waals surface area contributed by atoms with E-state index in [2.05, 4.69) is 0 Å². The van der Waals surface area contributed by atoms with Crippen LogP contribution in [0.2, 0.25) is 0 Å². The van der Waals surface area contributed by atoms with Crippen molar-refractivity contribution in [1.82, 2.24) is 4.90 Å². The molecule has 0 saturated carbocycles. The number of anilines is 1. The van der Waals surface area contributed by atoms with E-state index in [1.54, 1.807) is 41.3 Å². The van der Waals surface area contributed by atoms with Gasteiger partial charge in [-0.1, -0.05) is 35.9 Å². The zero-order valence-electron chi connectivity index (χ0n) is 17.7. The van der Waals surface area contributed by atoms with Gasteiger partial charge in [-0.2, -0.15) is 0 Å². The molecular weight excluding hydrogens is 415 g/mol. The highest BCUT2D eigenvalue weighted by Gasteiger charge is 2.23. The van der Waals surface area contributed by atoms with Gasteiger partial charge in [-0.05, 0) is 61.9 Å². The van der Waals surface area contributed by atoms with Gasteiger partial charge < -0.3 is 4.90 Å². The summed E-state index contributed by atoms with van der Waals surface area (Å²) < 4.78 is 40.9. The maximum atomic E-state index is 13.5. The molecule has 3 aromatic carbocycles. The largest absolute Gasteiger partial charge is 0.335 e. The smallest absolute Gasteiger partial charge is 0.264 e. The van der Waals surface area contributed by atoms with E-state index in [0.717, 1.165) is 5.56 Å². The standard InChI is InChI=1S/C24H25FN2O3S/c1-4-27(17-19-7-5-9-21(25)15-19)24(28)20-8-6-10-23(16-20)31(29,30)26(3)22-13-11-18(2)12-14-22/h5-16H,4,17H2,1-3H3. The van der Waals surface area contributed by atoms with E-state index in [0.29, 0.717) is 17.8 Å². The van der Waals surface area contributed by atoms with Gasteiger partial charge in [0.25, 0.3) is 15.9 Å². The lowest BCUT2D eigenvalue weighted by molar-refractivity contribution is 0.0752. The number of hydrogen-bond donors (Lipinski definition) is 0. The van der Waals surface area contributed by atoms with Crippen molar-refractivity contribution in [3.8, 4) is 0 Å². The number of halogens is 1. The zero-order valence-corrected chi connectivity index (χ0v) is 18.6. The Labute approximate surface area is 182 Å². The molecule has 3 rings (SSSR count). The van der Waals surface area contributed by atoms with Crippen LogP contribution in [0.4, 0.5) is 10.1 Å². The third-order valence-electron chi connectivity index (χ3n) is 5.07. The minimum Gasteiger partial charge on any atom is -0.335 e. The molecule has 31 heavy (non-hydrogen) atoms. The van der Waals surface area contributed by atoms with Gasteiger partial charge in [0.1, 0.15) is 5.82 Å². The van der Waals surface area contributed by atoms with E-state index in [4.69, 9.17) is 0 Å². The second-order valence-electron chi connectivity index (χ2n) is 7.29. The third-order valence-corrected chi connectivity index (χ3v) is 6.85. The van der Waals surface area contributed by atoms with Crippen LogP contribution in [0.15, 0.2) is 77.7 Å². The molecule has 5 nitrogen and oxygen atoms in total. The molecule has 162 valence electrons. The Morgan fingerprint density at radius 2 is 1.65 bits per heavy atom. The lowest BCUT2D eigenvalue weighted by Gasteiger charge is -2.22. The molecule has 0 atom stereocenters. The van der Waals surface area contributed by atoms with Crippen LogP contribution in [0.3, 0.4) is 0 Å². The summed E-state index contributed by atoms with van der Waals surface area (Å²) >= 11 is 0. The molecule has 0 spiro atoms. The summed E-state index contributed by atoms with van der Waals surface area (Å²) in [6, 6.07) is 19.2. The fraction of sp³-hybridized carbons (Fsp3) is 0.208. The van der Waals surface area contributed by atoms with Crippen molar-refractivity contribution in [3.05, 3.63) is 95.3 Å². The number of sulfonamides is 1. The topological polar surface area (TPSA) is 57.7 Å². The van der Waals surface area contributed by atoms with Crippen molar-refractivity contribution in [1.29, 1.82) is 0 Å². The second kappa shape index (κ2) is 9.31. The lowest BCUT2D eigenvalue weighted by Crippen LogP contribution is -2.31. The first kappa shape index (κ1) is 22.5. The van der Waals surface area contributed by atoms with Crippen LogP contribution in [0, 0.1) is 12.7 Å². The van der Waals surface area contributed by atoms with Gasteiger partial charge >= 0.3 is 0 Å². The Hall–Kier alpha value is -3.19. The van der Waals surface area contributed by atoms with Crippen LogP contribution in [0.1, 0.15) is 28.4 Å². The molecule has 0 N–H and O–H groups in total. The maximum absolute atomic E-state index is 13.5. The molecule has 0 saturated heterocycles. The average molecular weight is 441 g/mol. The van der Waals surface area contributed by atoms with E-state index in [9.17, 15) is 17.6 Å². The Morgan fingerprint density at radius 3 is 2.29 bits per heavy atom. The quantitative estimate of drug-likeness (QED) is 0.539. The van der Waals surface area contributed by atoms with Crippen LogP contribution >= 0.6 is 0 Å². The summed E-state index contributed by atoms with van der Waals surface area (Å²) in [6.07, 6.45) is 0. The molecule has 0 unspecified atom stereocenters. The molecule has 0 aromatic heterocycles. The highest BCUT2D eigenvalue weighted by atomic mass is 32.2. The van der Waals surface area contributed by atoms with Gasteiger partial charge in [0.2, 0.25) is 0 Å². The predicted molar refractivity (Wildman–Crippen MR) is 120 cm³/mol. The van der Waals surface area contributed by atoms with Gasteiger partial charge in [0.05, 0.1) is 10.6 Å². The van der Waals surface area contributed by atoms with E-state index in [-0.39, 0.29) is 28.7 Å². The van der Waals surface area contributed by atoms with Crippen molar-refractivity contribution >= 4 is 21.6 Å². The summed E-state index contributed by atoms with van der Waals surface area (Å²) in [7, 11) is -2.36. The van der Waals surface area contributed by atoms with Gasteiger partial charge in [-0.25, -0.2) is 12.8 Å². The minimum atomic E-state index is -3.84. The first-order valence-electron chi connectivity index (χ1n) is 9.91. The van der Waals surface area contributed by atoms with Crippen LogP contribution in [-0.2, 0) is 16.6 Å². The van der Waals surface area contributed by atoms with Crippen molar-refractivity contribution in [3.63, 3.8) is 0 Å².